The van der Waals surface area contributed by atoms with Crippen LogP contribution in [0.4, 0.5) is 0 Å². The molecule has 0 saturated carbocycles. The summed E-state index contributed by atoms with van der Waals surface area (Å²) in [5.74, 6) is -1.78. The van der Waals surface area contributed by atoms with Crippen molar-refractivity contribution in [2.45, 2.75) is 44.2 Å². The second-order valence-corrected chi connectivity index (χ2v) is 4.45. The van der Waals surface area contributed by atoms with Gasteiger partial charge in [-0.25, -0.2) is 0 Å². The molecule has 102 valence electrons. The van der Waals surface area contributed by atoms with Crippen LogP contribution in [0.3, 0.4) is 0 Å². The first kappa shape index (κ1) is 14.4. The first-order valence-corrected chi connectivity index (χ1v) is 5.90. The Morgan fingerprint density at radius 2 is 1.83 bits per heavy atom. The highest BCUT2D eigenvalue weighted by Crippen LogP contribution is 2.19. The third-order valence-electron chi connectivity index (χ3n) is 2.96. The van der Waals surface area contributed by atoms with Crippen LogP contribution in [0.5, 0.6) is 0 Å². The van der Waals surface area contributed by atoms with Gasteiger partial charge in [0.15, 0.2) is 0 Å². The molecule has 1 fully saturated rings. The van der Waals surface area contributed by atoms with Crippen LogP contribution in [-0.2, 0) is 14.4 Å². The van der Waals surface area contributed by atoms with E-state index in [1.807, 2.05) is 0 Å². The van der Waals surface area contributed by atoms with Gasteiger partial charge in [-0.2, -0.15) is 0 Å². The van der Waals surface area contributed by atoms with Gasteiger partial charge in [0, 0.05) is 25.8 Å². The van der Waals surface area contributed by atoms with Crippen LogP contribution in [0.1, 0.15) is 32.1 Å². The summed E-state index contributed by atoms with van der Waals surface area (Å²) in [6.07, 6.45) is 0.516. The normalized spacial score (nSPS) is 23.1. The Labute approximate surface area is 105 Å². The summed E-state index contributed by atoms with van der Waals surface area (Å²) in [6.45, 7) is 0.116. The van der Waals surface area contributed by atoms with Gasteiger partial charge in [0.1, 0.15) is 6.04 Å². The van der Waals surface area contributed by atoms with E-state index in [4.69, 9.17) is 10.8 Å². The number of unbranched alkanes of at least 4 members (excludes halogenated alkanes) is 1. The van der Waals surface area contributed by atoms with E-state index in [0.29, 0.717) is 12.8 Å². The van der Waals surface area contributed by atoms with E-state index in [-0.39, 0.29) is 31.7 Å². The van der Waals surface area contributed by atoms with E-state index in [1.165, 1.54) is 4.90 Å². The maximum absolute atomic E-state index is 11.8. The monoisotopic (exact) mass is 258 g/mol. The van der Waals surface area contributed by atoms with E-state index in [2.05, 4.69) is 0 Å². The molecule has 1 aliphatic rings. The summed E-state index contributed by atoms with van der Waals surface area (Å²) in [6, 6.07) is -0.744. The standard InChI is InChI=1S/C11H18N2O5/c12-11(18)8-5-7(14)6-13(8)9(15)3-1-2-4-10(16)17/h7-8,14H,1-6H2,(H2,12,18)(H,16,17). The first-order chi connectivity index (χ1) is 8.41. The average molecular weight is 258 g/mol. The van der Waals surface area contributed by atoms with Crippen molar-refractivity contribution in [1.82, 2.24) is 4.90 Å². The number of rotatable bonds is 6. The zero-order valence-corrected chi connectivity index (χ0v) is 10.0. The number of aliphatic hydroxyl groups is 1. The molecule has 1 heterocycles. The molecular weight excluding hydrogens is 240 g/mol. The maximum atomic E-state index is 11.8. The van der Waals surface area contributed by atoms with Crippen molar-refractivity contribution in [2.24, 2.45) is 5.73 Å². The fourth-order valence-corrected chi connectivity index (χ4v) is 2.06. The number of carboxylic acid groups (broad SMARTS) is 1. The second-order valence-electron chi connectivity index (χ2n) is 4.45. The molecule has 0 aromatic heterocycles. The first-order valence-electron chi connectivity index (χ1n) is 5.90. The fraction of sp³-hybridized carbons (Fsp3) is 0.727. The quantitative estimate of drug-likeness (QED) is 0.532. The van der Waals surface area contributed by atoms with Gasteiger partial charge in [-0.3, -0.25) is 14.4 Å². The molecule has 0 spiro atoms. The number of nitrogens with zero attached hydrogens (tertiary/aromatic N) is 1. The summed E-state index contributed by atoms with van der Waals surface area (Å²) >= 11 is 0. The highest BCUT2D eigenvalue weighted by atomic mass is 16.4. The molecule has 1 aliphatic heterocycles. The number of hydrogen-bond donors (Lipinski definition) is 3. The highest BCUT2D eigenvalue weighted by molar-refractivity contribution is 5.87. The third kappa shape index (κ3) is 3.99. The van der Waals surface area contributed by atoms with Gasteiger partial charge in [0.05, 0.1) is 6.10 Å². The Kier molecular flexibility index (Phi) is 5.08. The number of hydrogen-bond acceptors (Lipinski definition) is 4. The minimum Gasteiger partial charge on any atom is -0.481 e. The minimum atomic E-state index is -0.894. The number of carboxylic acids is 1. The molecule has 7 nitrogen and oxygen atoms in total. The lowest BCUT2D eigenvalue weighted by atomic mass is 10.1. The molecule has 0 radical (unpaired) electrons. The highest BCUT2D eigenvalue weighted by Gasteiger charge is 2.37. The Morgan fingerprint density at radius 3 is 2.39 bits per heavy atom. The number of carbonyl (C=O) groups excluding carboxylic acids is 2. The molecule has 1 rings (SSSR count). The van der Waals surface area contributed by atoms with Crippen molar-refractivity contribution in [2.75, 3.05) is 6.54 Å². The number of primary amides is 1. The van der Waals surface area contributed by atoms with Crippen molar-refractivity contribution in [3.8, 4) is 0 Å². The lowest BCUT2D eigenvalue weighted by Gasteiger charge is -2.21. The molecule has 0 aromatic rings. The molecule has 0 aliphatic carbocycles. The van der Waals surface area contributed by atoms with Gasteiger partial charge < -0.3 is 20.8 Å². The van der Waals surface area contributed by atoms with Crippen molar-refractivity contribution in [3.05, 3.63) is 0 Å². The van der Waals surface area contributed by atoms with E-state index >= 15 is 0 Å². The lowest BCUT2D eigenvalue weighted by molar-refractivity contribution is -0.138. The Hall–Kier alpha value is -1.63. The largest absolute Gasteiger partial charge is 0.481 e. The van der Waals surface area contributed by atoms with Gasteiger partial charge >= 0.3 is 5.97 Å². The zero-order chi connectivity index (χ0) is 13.7. The summed E-state index contributed by atoms with van der Waals surface area (Å²) in [5, 5.41) is 17.9. The number of β-amino-alcohol motifs (C(OH)–C–C–N with tert-alkyl or cyclic N) is 1. The Balaban J connectivity index is 2.40. The van der Waals surface area contributed by atoms with E-state index in [0.717, 1.165) is 0 Å². The van der Waals surface area contributed by atoms with E-state index in [1.54, 1.807) is 0 Å². The maximum Gasteiger partial charge on any atom is 0.303 e. The topological polar surface area (TPSA) is 121 Å². The number of likely N-dealkylation sites (tertiary alicyclic amines) is 1. The summed E-state index contributed by atoms with van der Waals surface area (Å²) in [7, 11) is 0. The van der Waals surface area contributed by atoms with Crippen molar-refractivity contribution in [3.63, 3.8) is 0 Å². The molecule has 18 heavy (non-hydrogen) atoms. The lowest BCUT2D eigenvalue weighted by Crippen LogP contribution is -2.43. The van der Waals surface area contributed by atoms with E-state index < -0.39 is 24.0 Å². The molecule has 1 saturated heterocycles. The SMILES string of the molecule is NC(=O)C1CC(O)CN1C(=O)CCCCC(=O)O. The van der Waals surface area contributed by atoms with Crippen LogP contribution in [-0.4, -0.2) is 51.6 Å². The van der Waals surface area contributed by atoms with Crippen LogP contribution in [0.15, 0.2) is 0 Å². The number of carbonyl (C=O) groups is 3. The van der Waals surface area contributed by atoms with Crippen molar-refractivity contribution >= 4 is 17.8 Å². The second kappa shape index (κ2) is 6.34. The summed E-state index contributed by atoms with van der Waals surface area (Å²) < 4.78 is 0. The molecule has 0 aromatic carbocycles. The van der Waals surface area contributed by atoms with Crippen molar-refractivity contribution < 1.29 is 24.6 Å². The molecule has 0 bridgehead atoms. The van der Waals surface area contributed by atoms with Gasteiger partial charge in [0.25, 0.3) is 0 Å². The molecule has 4 N–H and O–H groups in total. The van der Waals surface area contributed by atoms with Crippen LogP contribution >= 0.6 is 0 Å². The van der Waals surface area contributed by atoms with E-state index in [9.17, 15) is 19.5 Å². The van der Waals surface area contributed by atoms with Crippen LogP contribution < -0.4 is 5.73 Å². The minimum absolute atomic E-state index is 0.0230. The van der Waals surface area contributed by atoms with Crippen LogP contribution in [0, 0.1) is 0 Å². The smallest absolute Gasteiger partial charge is 0.303 e. The Morgan fingerprint density at radius 1 is 1.22 bits per heavy atom. The summed E-state index contributed by atoms with van der Waals surface area (Å²) in [4.78, 5) is 34.5. The van der Waals surface area contributed by atoms with Gasteiger partial charge in [-0.05, 0) is 12.8 Å². The number of aliphatic hydroxyl groups excluding tert-OH is 1. The number of nitrogens with two attached hydrogens (primary N) is 1. The fourth-order valence-electron chi connectivity index (χ4n) is 2.06. The molecular formula is C11H18N2O5. The molecule has 7 heteroatoms. The van der Waals surface area contributed by atoms with Crippen LogP contribution in [0.25, 0.3) is 0 Å². The number of aliphatic carboxylic acids is 1. The Bertz CT molecular complexity index is 344. The van der Waals surface area contributed by atoms with Gasteiger partial charge in [0.2, 0.25) is 11.8 Å². The number of amides is 2. The third-order valence-corrected chi connectivity index (χ3v) is 2.96. The predicted octanol–water partition coefficient (Wildman–Crippen LogP) is -0.921. The molecule has 2 unspecified atom stereocenters. The molecule has 2 atom stereocenters. The molecule has 2 amide bonds. The predicted molar refractivity (Wildman–Crippen MR) is 61.4 cm³/mol. The van der Waals surface area contributed by atoms with Gasteiger partial charge in [-0.1, -0.05) is 0 Å². The van der Waals surface area contributed by atoms with Crippen molar-refractivity contribution in [1.29, 1.82) is 0 Å². The summed E-state index contributed by atoms with van der Waals surface area (Å²) in [5.41, 5.74) is 5.16. The van der Waals surface area contributed by atoms with Gasteiger partial charge in [-0.15, -0.1) is 0 Å². The van der Waals surface area contributed by atoms with Crippen LogP contribution in [0.2, 0.25) is 0 Å². The zero-order valence-electron chi connectivity index (χ0n) is 10.0. The average Bonchev–Trinajstić information content (AvgIpc) is 2.66.